The molecule has 3 heterocycles. The minimum Gasteiger partial charge on any atom is -0.314 e. The van der Waals surface area contributed by atoms with Crippen LogP contribution in [0.5, 0.6) is 0 Å². The molecule has 0 aliphatic heterocycles. The van der Waals surface area contributed by atoms with Gasteiger partial charge in [-0.25, -0.2) is 0 Å². The average Bonchev–Trinajstić information content (AvgIpc) is 3.53. The Labute approximate surface area is 216 Å². The van der Waals surface area contributed by atoms with Gasteiger partial charge in [0.05, 0.1) is 22.1 Å². The number of nitrogens with zero attached hydrogens (tertiary/aromatic N) is 2. The number of hydrogen-bond acceptors (Lipinski definition) is 0. The molecule has 176 valence electrons. The summed E-state index contributed by atoms with van der Waals surface area (Å²) in [5, 5.41) is 1.27. The van der Waals surface area contributed by atoms with Gasteiger partial charge in [-0.05, 0) is 58.1 Å². The van der Waals surface area contributed by atoms with Gasteiger partial charge in [-0.1, -0.05) is 98.8 Å². The number of hydrogen-bond donors (Lipinski definition) is 0. The van der Waals surface area contributed by atoms with E-state index in [1.165, 1.54) is 66.5 Å². The molecule has 0 atom stereocenters. The fraction of sp³-hybridized carbons (Fsp3) is 0.0857. The van der Waals surface area contributed by atoms with Gasteiger partial charge in [0, 0.05) is 28.2 Å². The first-order valence-corrected chi connectivity index (χ1v) is 13.0. The molecule has 0 unspecified atom stereocenters. The Bertz CT molecular complexity index is 2000. The van der Waals surface area contributed by atoms with Gasteiger partial charge in [0.1, 0.15) is 0 Å². The minimum absolute atomic E-state index is 0.00142. The Balaban J connectivity index is 1.54. The van der Waals surface area contributed by atoms with Gasteiger partial charge in [0.15, 0.2) is 0 Å². The van der Waals surface area contributed by atoms with Crippen molar-refractivity contribution in [2.75, 3.05) is 0 Å². The normalized spacial score (nSPS) is 13.9. The fourth-order valence-electron chi connectivity index (χ4n) is 6.66. The van der Waals surface area contributed by atoms with Crippen LogP contribution < -0.4 is 0 Å². The Kier molecular flexibility index (Phi) is 4.03. The molecule has 1 aliphatic carbocycles. The van der Waals surface area contributed by atoms with E-state index in [9.17, 15) is 0 Å². The van der Waals surface area contributed by atoms with E-state index in [4.69, 9.17) is 0 Å². The van der Waals surface area contributed by atoms with Gasteiger partial charge in [0.2, 0.25) is 0 Å². The van der Waals surface area contributed by atoms with Crippen molar-refractivity contribution < 1.29 is 0 Å². The van der Waals surface area contributed by atoms with E-state index in [0.29, 0.717) is 0 Å². The molecule has 1 aliphatic rings. The molecular formula is C35H26N2. The lowest BCUT2D eigenvalue weighted by Gasteiger charge is -2.21. The van der Waals surface area contributed by atoms with Crippen LogP contribution in [0.3, 0.4) is 0 Å². The van der Waals surface area contributed by atoms with Gasteiger partial charge < -0.3 is 8.97 Å². The van der Waals surface area contributed by atoms with Crippen LogP contribution in [-0.4, -0.2) is 8.97 Å². The average molecular weight is 475 g/mol. The quantitative estimate of drug-likeness (QED) is 0.236. The zero-order valence-corrected chi connectivity index (χ0v) is 20.9. The maximum absolute atomic E-state index is 2.48. The second kappa shape index (κ2) is 7.24. The van der Waals surface area contributed by atoms with Crippen LogP contribution in [0.1, 0.15) is 25.0 Å². The first-order valence-electron chi connectivity index (χ1n) is 13.0. The maximum Gasteiger partial charge on any atom is 0.0809 e. The van der Waals surface area contributed by atoms with Crippen molar-refractivity contribution in [1.29, 1.82) is 0 Å². The summed E-state index contributed by atoms with van der Waals surface area (Å²) in [6.45, 7) is 4.68. The Morgan fingerprint density at radius 2 is 1.27 bits per heavy atom. The van der Waals surface area contributed by atoms with Crippen molar-refractivity contribution >= 4 is 27.5 Å². The smallest absolute Gasteiger partial charge is 0.0809 e. The summed E-state index contributed by atoms with van der Waals surface area (Å²) >= 11 is 0. The summed E-state index contributed by atoms with van der Waals surface area (Å²) in [6.07, 6.45) is 2.20. The lowest BCUT2D eigenvalue weighted by Crippen LogP contribution is -2.14. The van der Waals surface area contributed by atoms with Crippen molar-refractivity contribution in [3.63, 3.8) is 0 Å². The molecule has 7 aromatic rings. The van der Waals surface area contributed by atoms with Gasteiger partial charge >= 0.3 is 0 Å². The van der Waals surface area contributed by atoms with E-state index in [-0.39, 0.29) is 5.41 Å². The predicted octanol–water partition coefficient (Wildman–Crippen LogP) is 9.01. The fourth-order valence-corrected chi connectivity index (χ4v) is 6.66. The van der Waals surface area contributed by atoms with E-state index in [1.54, 1.807) is 0 Å². The summed E-state index contributed by atoms with van der Waals surface area (Å²) in [6, 6.07) is 42.1. The number of para-hydroxylation sites is 1. The maximum atomic E-state index is 2.48. The lowest BCUT2D eigenvalue weighted by atomic mass is 9.82. The van der Waals surface area contributed by atoms with Crippen LogP contribution in [0.2, 0.25) is 0 Å². The molecule has 0 amide bonds. The summed E-state index contributed by atoms with van der Waals surface area (Å²) in [4.78, 5) is 0. The Morgan fingerprint density at radius 3 is 2.16 bits per heavy atom. The number of fused-ring (bicyclic) bond motifs is 8. The summed E-state index contributed by atoms with van der Waals surface area (Å²) < 4.78 is 4.84. The molecule has 0 fully saturated rings. The van der Waals surface area contributed by atoms with Crippen LogP contribution in [0.15, 0.2) is 121 Å². The molecule has 37 heavy (non-hydrogen) atoms. The largest absolute Gasteiger partial charge is 0.314 e. The second-order valence-electron chi connectivity index (χ2n) is 10.6. The Hall–Kier alpha value is -4.56. The van der Waals surface area contributed by atoms with Gasteiger partial charge in [-0.3, -0.25) is 0 Å². The van der Waals surface area contributed by atoms with Gasteiger partial charge in [0.25, 0.3) is 0 Å². The van der Waals surface area contributed by atoms with Crippen molar-refractivity contribution in [2.24, 2.45) is 0 Å². The zero-order valence-electron chi connectivity index (χ0n) is 20.9. The van der Waals surface area contributed by atoms with Crippen LogP contribution in [0.4, 0.5) is 0 Å². The molecule has 8 rings (SSSR count). The van der Waals surface area contributed by atoms with Crippen molar-refractivity contribution in [3.05, 3.63) is 133 Å². The highest BCUT2D eigenvalue weighted by Gasteiger charge is 2.35. The topological polar surface area (TPSA) is 9.34 Å². The summed E-state index contributed by atoms with van der Waals surface area (Å²) in [7, 11) is 0. The highest BCUT2D eigenvalue weighted by molar-refractivity contribution is 6.17. The van der Waals surface area contributed by atoms with Crippen LogP contribution in [-0.2, 0) is 5.41 Å². The number of aromatic nitrogens is 2. The Morgan fingerprint density at radius 1 is 0.568 bits per heavy atom. The third kappa shape index (κ3) is 2.65. The van der Waals surface area contributed by atoms with Crippen molar-refractivity contribution in [2.45, 2.75) is 19.3 Å². The van der Waals surface area contributed by atoms with Crippen molar-refractivity contribution in [3.8, 4) is 27.9 Å². The number of rotatable bonds is 2. The number of pyridine rings is 1. The molecule has 4 aromatic carbocycles. The highest BCUT2D eigenvalue weighted by atomic mass is 15.0. The monoisotopic (exact) mass is 474 g/mol. The summed E-state index contributed by atoms with van der Waals surface area (Å²) in [5.74, 6) is 0. The zero-order chi connectivity index (χ0) is 24.7. The van der Waals surface area contributed by atoms with E-state index in [0.717, 1.165) is 0 Å². The first-order chi connectivity index (χ1) is 18.1. The van der Waals surface area contributed by atoms with Gasteiger partial charge in [-0.15, -0.1) is 0 Å². The molecule has 0 N–H and O–H groups in total. The molecule has 3 aromatic heterocycles. The van der Waals surface area contributed by atoms with Crippen LogP contribution >= 0.6 is 0 Å². The van der Waals surface area contributed by atoms with E-state index in [1.807, 2.05) is 0 Å². The third-order valence-corrected chi connectivity index (χ3v) is 8.33. The predicted molar refractivity (Wildman–Crippen MR) is 155 cm³/mol. The third-order valence-electron chi connectivity index (χ3n) is 8.33. The lowest BCUT2D eigenvalue weighted by molar-refractivity contribution is 0.660. The van der Waals surface area contributed by atoms with Gasteiger partial charge in [-0.2, -0.15) is 0 Å². The molecule has 0 radical (unpaired) electrons. The summed E-state index contributed by atoms with van der Waals surface area (Å²) in [5.41, 5.74) is 14.2. The second-order valence-corrected chi connectivity index (χ2v) is 10.6. The van der Waals surface area contributed by atoms with E-state index >= 15 is 0 Å². The first kappa shape index (κ1) is 20.6. The van der Waals surface area contributed by atoms with Crippen molar-refractivity contribution in [1.82, 2.24) is 8.97 Å². The van der Waals surface area contributed by atoms with E-state index < -0.39 is 0 Å². The molecule has 0 saturated carbocycles. The SMILES string of the molecule is CC1(C)c2ccccc2-c2cc(-n3c4ccccc4c4c3c(-c3ccccc3)c3ccccn34)ccc21. The minimum atomic E-state index is -0.00142. The van der Waals surface area contributed by atoms with E-state index in [2.05, 4.69) is 144 Å². The highest BCUT2D eigenvalue weighted by Crippen LogP contribution is 2.50. The standard InChI is InChI=1S/C35H26N2/c1-35(2)28-16-8-6-14-25(28)27-22-24(19-20-29(27)35)37-30-17-9-7-15-26(30)33-34(37)32(23-12-4-3-5-13-23)31-18-10-11-21-36(31)33/h3-22H,1-2H3. The molecular weight excluding hydrogens is 448 g/mol. The molecule has 2 nitrogen and oxygen atoms in total. The molecule has 0 bridgehead atoms. The van der Waals surface area contributed by atoms with Crippen LogP contribution in [0.25, 0.3) is 55.4 Å². The molecule has 0 saturated heterocycles. The number of benzene rings is 4. The van der Waals surface area contributed by atoms with Crippen LogP contribution in [0, 0.1) is 0 Å². The molecule has 2 heteroatoms. The molecule has 0 spiro atoms.